The summed E-state index contributed by atoms with van der Waals surface area (Å²) in [5.74, 6) is -2.67. The van der Waals surface area contributed by atoms with E-state index in [4.69, 9.17) is 4.74 Å². The number of carbonyl (C=O) groups is 4. The molecule has 9 heteroatoms. The van der Waals surface area contributed by atoms with E-state index in [1.54, 1.807) is 0 Å². The van der Waals surface area contributed by atoms with E-state index in [9.17, 15) is 24.3 Å². The van der Waals surface area contributed by atoms with Gasteiger partial charge in [-0.15, -0.1) is 0 Å². The highest BCUT2D eigenvalue weighted by Crippen LogP contribution is 2.44. The molecule has 4 rings (SSSR count). The first kappa shape index (κ1) is 24.3. The van der Waals surface area contributed by atoms with Crippen molar-refractivity contribution in [1.29, 1.82) is 0 Å². The summed E-state index contributed by atoms with van der Waals surface area (Å²) < 4.78 is 10.0. The Kier molecular flexibility index (Phi) is 7.33. The van der Waals surface area contributed by atoms with Crippen LogP contribution in [0.25, 0.3) is 11.1 Å². The third-order valence-electron chi connectivity index (χ3n) is 6.59. The van der Waals surface area contributed by atoms with E-state index >= 15 is 0 Å². The number of carboxylic acids is 1. The molecule has 0 bridgehead atoms. The summed E-state index contributed by atoms with van der Waals surface area (Å²) in [4.78, 5) is 47.3. The average Bonchev–Trinajstić information content (AvgIpc) is 3.58. The molecule has 0 saturated heterocycles. The summed E-state index contributed by atoms with van der Waals surface area (Å²) in [7, 11) is 1.22. The molecule has 0 spiro atoms. The number of hydrogen-bond donors (Lipinski definition) is 3. The van der Waals surface area contributed by atoms with Crippen LogP contribution in [0.1, 0.15) is 36.3 Å². The second kappa shape index (κ2) is 10.6. The number of hydrogen-bond acceptors (Lipinski definition) is 6. The van der Waals surface area contributed by atoms with Crippen molar-refractivity contribution in [2.24, 2.45) is 11.8 Å². The SMILES string of the molecule is COC(=O)CC[C@H](NC(=O)[C@@H]1C[C@@H]1CNC(=O)OCC1c2ccccc2-c2ccccc21)C(=O)O. The highest BCUT2D eigenvalue weighted by atomic mass is 16.5. The molecule has 1 fully saturated rings. The zero-order valence-electron chi connectivity index (χ0n) is 19.4. The van der Waals surface area contributed by atoms with Crippen LogP contribution in [0, 0.1) is 11.8 Å². The number of nitrogens with one attached hydrogen (secondary N) is 2. The van der Waals surface area contributed by atoms with Gasteiger partial charge in [0.25, 0.3) is 0 Å². The van der Waals surface area contributed by atoms with Gasteiger partial charge in [-0.2, -0.15) is 0 Å². The molecule has 0 unspecified atom stereocenters. The van der Waals surface area contributed by atoms with Crippen LogP contribution in [0.5, 0.6) is 0 Å². The van der Waals surface area contributed by atoms with Gasteiger partial charge < -0.3 is 25.2 Å². The van der Waals surface area contributed by atoms with Crippen LogP contribution in [0.3, 0.4) is 0 Å². The zero-order valence-corrected chi connectivity index (χ0v) is 19.4. The Labute approximate surface area is 202 Å². The minimum atomic E-state index is -1.21. The van der Waals surface area contributed by atoms with Crippen LogP contribution in [0.15, 0.2) is 48.5 Å². The summed E-state index contributed by atoms with van der Waals surface area (Å²) in [6, 6.07) is 15.0. The fourth-order valence-corrected chi connectivity index (χ4v) is 4.56. The molecule has 2 aromatic rings. The quantitative estimate of drug-likeness (QED) is 0.446. The molecule has 0 aliphatic heterocycles. The molecule has 1 saturated carbocycles. The van der Waals surface area contributed by atoms with Gasteiger partial charge in [-0.3, -0.25) is 9.59 Å². The summed E-state index contributed by atoms with van der Waals surface area (Å²) in [6.45, 7) is 0.462. The predicted molar refractivity (Wildman–Crippen MR) is 125 cm³/mol. The Morgan fingerprint density at radius 1 is 1.03 bits per heavy atom. The number of rotatable bonds is 10. The third-order valence-corrected chi connectivity index (χ3v) is 6.59. The maximum absolute atomic E-state index is 12.4. The summed E-state index contributed by atoms with van der Waals surface area (Å²) in [6.07, 6.45) is -0.174. The fourth-order valence-electron chi connectivity index (χ4n) is 4.56. The van der Waals surface area contributed by atoms with Crippen LogP contribution in [-0.2, 0) is 23.9 Å². The highest BCUT2D eigenvalue weighted by Gasteiger charge is 2.44. The summed E-state index contributed by atoms with van der Waals surface area (Å²) in [5.41, 5.74) is 4.55. The summed E-state index contributed by atoms with van der Waals surface area (Å²) >= 11 is 0. The van der Waals surface area contributed by atoms with E-state index in [0.29, 0.717) is 6.42 Å². The number of benzene rings is 2. The van der Waals surface area contributed by atoms with Gasteiger partial charge in [0.05, 0.1) is 7.11 Å². The first-order chi connectivity index (χ1) is 16.9. The van der Waals surface area contributed by atoms with E-state index in [1.165, 1.54) is 7.11 Å². The molecule has 35 heavy (non-hydrogen) atoms. The zero-order chi connectivity index (χ0) is 24.9. The second-order valence-corrected chi connectivity index (χ2v) is 8.82. The molecule has 0 aromatic heterocycles. The van der Waals surface area contributed by atoms with Crippen molar-refractivity contribution in [3.05, 3.63) is 59.7 Å². The summed E-state index contributed by atoms with van der Waals surface area (Å²) in [5, 5.41) is 14.5. The van der Waals surface area contributed by atoms with Crippen LogP contribution in [-0.4, -0.2) is 55.3 Å². The smallest absolute Gasteiger partial charge is 0.407 e. The van der Waals surface area contributed by atoms with E-state index in [2.05, 4.69) is 27.5 Å². The average molecular weight is 481 g/mol. The van der Waals surface area contributed by atoms with Gasteiger partial charge in [-0.1, -0.05) is 48.5 Å². The number of fused-ring (bicyclic) bond motifs is 3. The maximum atomic E-state index is 12.4. The van der Waals surface area contributed by atoms with Crippen LogP contribution >= 0.6 is 0 Å². The van der Waals surface area contributed by atoms with E-state index in [0.717, 1.165) is 22.3 Å². The third kappa shape index (κ3) is 5.62. The lowest BCUT2D eigenvalue weighted by Gasteiger charge is -2.15. The first-order valence-electron chi connectivity index (χ1n) is 11.6. The molecular formula is C26H28N2O7. The highest BCUT2D eigenvalue weighted by molar-refractivity contribution is 5.87. The maximum Gasteiger partial charge on any atom is 0.407 e. The number of carboxylic acid groups (broad SMARTS) is 1. The Hall–Kier alpha value is -3.88. The van der Waals surface area contributed by atoms with E-state index < -0.39 is 30.0 Å². The standard InChI is InChI=1S/C26H28N2O7/c1-34-23(29)11-10-22(25(31)32)28-24(30)20-12-15(20)13-27-26(33)35-14-21-18-8-4-2-6-16(18)17-7-3-5-9-19(17)21/h2-9,15,20-22H,10-14H2,1H3,(H,27,33)(H,28,30)(H,31,32)/t15-,20-,22+/m1/s1. The molecule has 2 aliphatic carbocycles. The van der Waals surface area contributed by atoms with Crippen molar-refractivity contribution in [2.75, 3.05) is 20.3 Å². The van der Waals surface area contributed by atoms with Crippen molar-refractivity contribution in [2.45, 2.75) is 31.2 Å². The minimum absolute atomic E-state index is 0.0365. The number of esters is 1. The van der Waals surface area contributed by atoms with Gasteiger partial charge in [0.1, 0.15) is 12.6 Å². The molecule has 3 atom stereocenters. The fraction of sp³-hybridized carbons (Fsp3) is 0.385. The minimum Gasteiger partial charge on any atom is -0.480 e. The number of methoxy groups -OCH3 is 1. The number of alkyl carbamates (subject to hydrolysis) is 1. The van der Waals surface area contributed by atoms with Gasteiger partial charge in [0.15, 0.2) is 0 Å². The Bertz CT molecular complexity index is 1090. The molecular weight excluding hydrogens is 452 g/mol. The topological polar surface area (TPSA) is 131 Å². The lowest BCUT2D eigenvalue weighted by molar-refractivity contribution is -0.144. The molecule has 9 nitrogen and oxygen atoms in total. The lowest BCUT2D eigenvalue weighted by Crippen LogP contribution is -2.42. The molecule has 3 N–H and O–H groups in total. The van der Waals surface area contributed by atoms with Crippen molar-refractivity contribution in [3.63, 3.8) is 0 Å². The van der Waals surface area contributed by atoms with E-state index in [1.807, 2.05) is 36.4 Å². The molecule has 2 amide bonds. The molecule has 184 valence electrons. The van der Waals surface area contributed by atoms with E-state index in [-0.39, 0.29) is 43.7 Å². The van der Waals surface area contributed by atoms with Crippen LogP contribution in [0.2, 0.25) is 0 Å². The van der Waals surface area contributed by atoms with Crippen molar-refractivity contribution in [3.8, 4) is 11.1 Å². The van der Waals surface area contributed by atoms with Crippen molar-refractivity contribution < 1.29 is 33.8 Å². The molecule has 0 heterocycles. The molecule has 0 radical (unpaired) electrons. The predicted octanol–water partition coefficient (Wildman–Crippen LogP) is 2.68. The first-order valence-corrected chi connectivity index (χ1v) is 11.6. The van der Waals surface area contributed by atoms with Crippen molar-refractivity contribution >= 4 is 23.9 Å². The van der Waals surface area contributed by atoms with Gasteiger partial charge in [-0.25, -0.2) is 9.59 Å². The number of aliphatic carboxylic acids is 1. The number of carbonyl (C=O) groups excluding carboxylic acids is 3. The normalized spacial score (nSPS) is 18.5. The van der Waals surface area contributed by atoms with Gasteiger partial charge in [0.2, 0.25) is 5.91 Å². The molecule has 2 aromatic carbocycles. The van der Waals surface area contributed by atoms with Gasteiger partial charge in [0, 0.05) is 24.8 Å². The molecule has 2 aliphatic rings. The van der Waals surface area contributed by atoms with Crippen LogP contribution < -0.4 is 10.6 Å². The Morgan fingerprint density at radius 2 is 1.66 bits per heavy atom. The van der Waals surface area contributed by atoms with Gasteiger partial charge >= 0.3 is 18.0 Å². The monoisotopic (exact) mass is 480 g/mol. The number of ether oxygens (including phenoxy) is 2. The largest absolute Gasteiger partial charge is 0.480 e. The number of amides is 2. The van der Waals surface area contributed by atoms with Crippen LogP contribution in [0.4, 0.5) is 4.79 Å². The van der Waals surface area contributed by atoms with Gasteiger partial charge in [-0.05, 0) is 41.0 Å². The lowest BCUT2D eigenvalue weighted by atomic mass is 9.98. The Morgan fingerprint density at radius 3 is 2.26 bits per heavy atom. The van der Waals surface area contributed by atoms with Crippen molar-refractivity contribution in [1.82, 2.24) is 10.6 Å². The second-order valence-electron chi connectivity index (χ2n) is 8.82. The Balaban J connectivity index is 1.22.